The van der Waals surface area contributed by atoms with Gasteiger partial charge in [-0.15, -0.1) is 6.58 Å². The zero-order chi connectivity index (χ0) is 16.6. The summed E-state index contributed by atoms with van der Waals surface area (Å²) in [6.45, 7) is 15.6. The third-order valence-electron chi connectivity index (χ3n) is 5.39. The summed E-state index contributed by atoms with van der Waals surface area (Å²) in [5.74, 6) is 0. The summed E-state index contributed by atoms with van der Waals surface area (Å²) in [4.78, 5) is 0. The van der Waals surface area contributed by atoms with Crippen molar-refractivity contribution in [3.8, 4) is 0 Å². The van der Waals surface area contributed by atoms with Crippen LogP contribution in [0.2, 0.25) is 18.1 Å². The molecule has 1 aliphatic rings. The minimum atomic E-state index is -1.61. The summed E-state index contributed by atoms with van der Waals surface area (Å²) in [5.41, 5.74) is 1.66. The Kier molecular flexibility index (Phi) is 8.13. The lowest BCUT2D eigenvalue weighted by atomic mass is 9.95. The minimum absolute atomic E-state index is 0.322. The maximum absolute atomic E-state index is 6.68. The summed E-state index contributed by atoms with van der Waals surface area (Å²) in [6.07, 6.45) is 16.3. The average Bonchev–Trinajstić information content (AvgIpc) is 2.42. The van der Waals surface area contributed by atoms with E-state index in [1.54, 1.807) is 5.57 Å². The summed E-state index contributed by atoms with van der Waals surface area (Å²) in [5, 5.41) is 0.322. The van der Waals surface area contributed by atoms with E-state index in [-0.39, 0.29) is 0 Å². The zero-order valence-corrected chi connectivity index (χ0v) is 16.7. The molecule has 0 atom stereocenters. The van der Waals surface area contributed by atoms with Gasteiger partial charge in [-0.1, -0.05) is 51.3 Å². The Balaban J connectivity index is 2.54. The first-order valence-corrected chi connectivity index (χ1v) is 12.1. The standard InChI is InChI=1S/C20H38OSi/c1-7-8-13-18-14-9-11-16-19(17-12-10-15-18)21-22(5,6)20(2,3)4/h7,13,19H,1,8-12,14-17H2,2-6H3. The van der Waals surface area contributed by atoms with Gasteiger partial charge in [-0.3, -0.25) is 0 Å². The van der Waals surface area contributed by atoms with Crippen LogP contribution >= 0.6 is 0 Å². The molecule has 0 aliphatic heterocycles. The fourth-order valence-electron chi connectivity index (χ4n) is 2.88. The molecule has 0 radical (unpaired) electrons. The van der Waals surface area contributed by atoms with Gasteiger partial charge in [0.15, 0.2) is 8.32 Å². The molecular weight excluding hydrogens is 284 g/mol. The summed E-state index contributed by atoms with van der Waals surface area (Å²) >= 11 is 0. The molecule has 1 fully saturated rings. The molecule has 128 valence electrons. The van der Waals surface area contributed by atoms with Crippen molar-refractivity contribution >= 4 is 8.32 Å². The fourth-order valence-corrected chi connectivity index (χ4v) is 4.31. The van der Waals surface area contributed by atoms with Crippen molar-refractivity contribution in [2.24, 2.45) is 0 Å². The van der Waals surface area contributed by atoms with E-state index in [1.807, 2.05) is 6.08 Å². The number of rotatable bonds is 4. The summed E-state index contributed by atoms with van der Waals surface area (Å²) in [7, 11) is -1.61. The molecule has 0 N–H and O–H groups in total. The highest BCUT2D eigenvalue weighted by Crippen LogP contribution is 2.38. The van der Waals surface area contributed by atoms with Crippen LogP contribution in [0.4, 0.5) is 0 Å². The van der Waals surface area contributed by atoms with Crippen molar-refractivity contribution in [2.45, 2.75) is 103 Å². The van der Waals surface area contributed by atoms with Crippen LogP contribution in [0.25, 0.3) is 0 Å². The lowest BCUT2D eigenvalue weighted by molar-refractivity contribution is 0.153. The van der Waals surface area contributed by atoms with E-state index >= 15 is 0 Å². The second-order valence-corrected chi connectivity index (χ2v) is 13.1. The third-order valence-corrected chi connectivity index (χ3v) is 9.92. The van der Waals surface area contributed by atoms with Gasteiger partial charge in [0.05, 0.1) is 0 Å². The van der Waals surface area contributed by atoms with Gasteiger partial charge in [0, 0.05) is 6.10 Å². The molecule has 2 heteroatoms. The molecule has 0 heterocycles. The predicted molar refractivity (Wildman–Crippen MR) is 102 cm³/mol. The minimum Gasteiger partial charge on any atom is -0.414 e. The highest BCUT2D eigenvalue weighted by Gasteiger charge is 2.38. The molecule has 0 spiro atoms. The number of hydrogen-bond donors (Lipinski definition) is 0. The van der Waals surface area contributed by atoms with Crippen LogP contribution in [0.1, 0.15) is 78.6 Å². The quantitative estimate of drug-likeness (QED) is 0.399. The lowest BCUT2D eigenvalue weighted by Crippen LogP contribution is -2.44. The molecule has 1 rings (SSSR count). The van der Waals surface area contributed by atoms with Gasteiger partial charge in [0.25, 0.3) is 0 Å². The van der Waals surface area contributed by atoms with E-state index in [0.29, 0.717) is 11.1 Å². The molecule has 0 aromatic carbocycles. The Labute approximate surface area is 140 Å². The highest BCUT2D eigenvalue weighted by atomic mass is 28.4. The van der Waals surface area contributed by atoms with Gasteiger partial charge in [-0.25, -0.2) is 0 Å². The SMILES string of the molecule is C=CCC=C1CCCCC(O[Si](C)(C)C(C)(C)C)CCCC1. The lowest BCUT2D eigenvalue weighted by Gasteiger charge is -2.39. The average molecular weight is 323 g/mol. The molecule has 1 saturated carbocycles. The van der Waals surface area contributed by atoms with Crippen molar-refractivity contribution in [3.05, 3.63) is 24.3 Å². The van der Waals surface area contributed by atoms with Crippen LogP contribution in [-0.2, 0) is 4.43 Å². The largest absolute Gasteiger partial charge is 0.414 e. The normalized spacial score (nSPS) is 22.2. The summed E-state index contributed by atoms with van der Waals surface area (Å²) < 4.78 is 6.68. The van der Waals surface area contributed by atoms with Crippen molar-refractivity contribution in [1.82, 2.24) is 0 Å². The van der Waals surface area contributed by atoms with E-state index in [4.69, 9.17) is 4.43 Å². The van der Waals surface area contributed by atoms with Crippen molar-refractivity contribution in [3.63, 3.8) is 0 Å². The summed E-state index contributed by atoms with van der Waals surface area (Å²) in [6, 6.07) is 0. The molecule has 0 amide bonds. The Morgan fingerprint density at radius 3 is 2.09 bits per heavy atom. The van der Waals surface area contributed by atoms with E-state index in [1.165, 1.54) is 51.4 Å². The van der Waals surface area contributed by atoms with E-state index < -0.39 is 8.32 Å². The van der Waals surface area contributed by atoms with Crippen molar-refractivity contribution < 1.29 is 4.43 Å². The second kappa shape index (κ2) is 9.07. The predicted octanol–water partition coefficient (Wildman–Crippen LogP) is 7.01. The van der Waals surface area contributed by atoms with E-state index in [9.17, 15) is 0 Å². The van der Waals surface area contributed by atoms with E-state index in [2.05, 4.69) is 46.5 Å². The molecule has 0 saturated heterocycles. The monoisotopic (exact) mass is 322 g/mol. The number of hydrogen-bond acceptors (Lipinski definition) is 1. The van der Waals surface area contributed by atoms with Crippen LogP contribution in [0, 0.1) is 0 Å². The first kappa shape index (κ1) is 19.7. The first-order chi connectivity index (χ1) is 10.3. The molecule has 22 heavy (non-hydrogen) atoms. The van der Waals surface area contributed by atoms with Crippen LogP contribution in [0.5, 0.6) is 0 Å². The van der Waals surface area contributed by atoms with Gasteiger partial charge in [-0.2, -0.15) is 0 Å². The fraction of sp³-hybridized carbons (Fsp3) is 0.800. The Morgan fingerprint density at radius 1 is 1.09 bits per heavy atom. The Bertz CT molecular complexity index is 348. The number of allylic oxidation sites excluding steroid dienone is 3. The van der Waals surface area contributed by atoms with Crippen LogP contribution in [-0.4, -0.2) is 14.4 Å². The molecule has 1 aliphatic carbocycles. The smallest absolute Gasteiger partial charge is 0.192 e. The van der Waals surface area contributed by atoms with Crippen molar-refractivity contribution in [2.75, 3.05) is 0 Å². The molecule has 0 aromatic heterocycles. The topological polar surface area (TPSA) is 9.23 Å². The maximum Gasteiger partial charge on any atom is 0.192 e. The van der Waals surface area contributed by atoms with Gasteiger partial charge in [0.1, 0.15) is 0 Å². The highest BCUT2D eigenvalue weighted by molar-refractivity contribution is 6.74. The molecule has 0 bridgehead atoms. The maximum atomic E-state index is 6.68. The zero-order valence-electron chi connectivity index (χ0n) is 15.7. The molecule has 0 aromatic rings. The third kappa shape index (κ3) is 6.83. The molecule has 0 unspecified atom stereocenters. The van der Waals surface area contributed by atoms with Gasteiger partial charge >= 0.3 is 0 Å². The van der Waals surface area contributed by atoms with Gasteiger partial charge in [-0.05, 0) is 63.1 Å². The Hall–Kier alpha value is -0.343. The van der Waals surface area contributed by atoms with Gasteiger partial charge in [0.2, 0.25) is 0 Å². The molecular formula is C20H38OSi. The van der Waals surface area contributed by atoms with Crippen LogP contribution in [0.15, 0.2) is 24.3 Å². The van der Waals surface area contributed by atoms with Gasteiger partial charge < -0.3 is 4.43 Å². The van der Waals surface area contributed by atoms with E-state index in [0.717, 1.165) is 6.42 Å². The van der Waals surface area contributed by atoms with Crippen molar-refractivity contribution in [1.29, 1.82) is 0 Å². The second-order valence-electron chi connectivity index (χ2n) is 8.38. The van der Waals surface area contributed by atoms with Crippen LogP contribution < -0.4 is 0 Å². The Morgan fingerprint density at radius 2 is 1.64 bits per heavy atom. The van der Waals surface area contributed by atoms with Crippen LogP contribution in [0.3, 0.4) is 0 Å². The first-order valence-electron chi connectivity index (χ1n) is 9.23. The molecule has 1 nitrogen and oxygen atoms in total.